The molecule has 2 aromatic carbocycles. The van der Waals surface area contributed by atoms with Crippen LogP contribution in [0.3, 0.4) is 0 Å². The van der Waals surface area contributed by atoms with E-state index in [0.717, 1.165) is 43.9 Å². The molecule has 1 aliphatic rings. The number of benzene rings is 2. The third-order valence-electron chi connectivity index (χ3n) is 4.48. The van der Waals surface area contributed by atoms with Crippen molar-refractivity contribution < 1.29 is 9.84 Å². The van der Waals surface area contributed by atoms with Gasteiger partial charge in [0, 0.05) is 24.5 Å². The standard InChI is InChI=1S/C21H26ClN3O2/c1-2-23-21(25-14-19(26)16-4-6-18(22)7-5-16)24-11-9-15-3-8-20-17(13-15)10-12-27-20/h3-8,13,19,26H,2,9-12,14H2,1H3,(H2,23,24,25). The zero-order valence-electron chi connectivity index (χ0n) is 15.5. The first-order valence-corrected chi connectivity index (χ1v) is 9.74. The van der Waals surface area contributed by atoms with Crippen LogP contribution in [0.25, 0.3) is 0 Å². The summed E-state index contributed by atoms with van der Waals surface area (Å²) < 4.78 is 5.55. The largest absolute Gasteiger partial charge is 0.493 e. The normalized spacial score (nSPS) is 14.4. The van der Waals surface area contributed by atoms with E-state index in [1.165, 1.54) is 11.1 Å². The molecule has 0 amide bonds. The topological polar surface area (TPSA) is 65.9 Å². The number of halogens is 1. The molecule has 144 valence electrons. The van der Waals surface area contributed by atoms with Gasteiger partial charge in [-0.3, -0.25) is 4.99 Å². The fourth-order valence-electron chi connectivity index (χ4n) is 3.03. The van der Waals surface area contributed by atoms with Gasteiger partial charge in [0.2, 0.25) is 0 Å². The Morgan fingerprint density at radius 2 is 2.04 bits per heavy atom. The molecule has 5 nitrogen and oxygen atoms in total. The van der Waals surface area contributed by atoms with Crippen molar-refractivity contribution in [3.05, 3.63) is 64.2 Å². The molecule has 3 N–H and O–H groups in total. The first-order chi connectivity index (χ1) is 13.2. The molecule has 0 saturated carbocycles. The van der Waals surface area contributed by atoms with Gasteiger partial charge in [-0.1, -0.05) is 35.9 Å². The number of hydrogen-bond donors (Lipinski definition) is 3. The Balaban J connectivity index is 1.52. The summed E-state index contributed by atoms with van der Waals surface area (Å²) in [7, 11) is 0. The Bertz CT molecular complexity index is 777. The minimum absolute atomic E-state index is 0.285. The maximum absolute atomic E-state index is 10.3. The molecular weight excluding hydrogens is 362 g/mol. The van der Waals surface area contributed by atoms with Crippen molar-refractivity contribution in [2.45, 2.75) is 25.9 Å². The van der Waals surface area contributed by atoms with Gasteiger partial charge in [-0.05, 0) is 48.2 Å². The van der Waals surface area contributed by atoms with Crippen LogP contribution >= 0.6 is 11.6 Å². The van der Waals surface area contributed by atoms with Gasteiger partial charge in [-0.2, -0.15) is 0 Å². The van der Waals surface area contributed by atoms with E-state index in [1.807, 2.05) is 19.1 Å². The van der Waals surface area contributed by atoms with Crippen molar-refractivity contribution in [1.29, 1.82) is 0 Å². The molecule has 3 rings (SSSR count). The van der Waals surface area contributed by atoms with Crippen molar-refractivity contribution in [3.8, 4) is 5.75 Å². The summed E-state index contributed by atoms with van der Waals surface area (Å²) in [5.41, 5.74) is 3.38. The molecular formula is C21H26ClN3O2. The Hall–Kier alpha value is -2.24. The summed E-state index contributed by atoms with van der Waals surface area (Å²) in [6.45, 7) is 4.62. The van der Waals surface area contributed by atoms with Crippen molar-refractivity contribution in [1.82, 2.24) is 10.6 Å². The first kappa shape index (κ1) is 19.5. The third-order valence-corrected chi connectivity index (χ3v) is 4.73. The van der Waals surface area contributed by atoms with E-state index in [1.54, 1.807) is 12.1 Å². The Labute approximate surface area is 165 Å². The van der Waals surface area contributed by atoms with Crippen LogP contribution in [0.1, 0.15) is 29.7 Å². The molecule has 27 heavy (non-hydrogen) atoms. The highest BCUT2D eigenvalue weighted by Gasteiger charge is 2.12. The van der Waals surface area contributed by atoms with Crippen LogP contribution in [0, 0.1) is 0 Å². The third kappa shape index (κ3) is 5.62. The van der Waals surface area contributed by atoms with Crippen LogP contribution in [-0.2, 0) is 12.8 Å². The second kappa shape index (κ2) is 9.62. The van der Waals surface area contributed by atoms with Crippen LogP contribution < -0.4 is 15.4 Å². The number of hydrogen-bond acceptors (Lipinski definition) is 3. The SMILES string of the molecule is CCNC(=NCC(O)c1ccc(Cl)cc1)NCCc1ccc2c(c1)CCO2. The molecule has 2 aromatic rings. The predicted molar refractivity (Wildman–Crippen MR) is 110 cm³/mol. The van der Waals surface area contributed by atoms with Gasteiger partial charge in [0.15, 0.2) is 5.96 Å². The molecule has 0 spiro atoms. The molecule has 1 unspecified atom stereocenters. The van der Waals surface area contributed by atoms with Gasteiger partial charge in [-0.15, -0.1) is 0 Å². The molecule has 0 saturated heterocycles. The molecule has 0 aliphatic carbocycles. The van der Waals surface area contributed by atoms with Crippen molar-refractivity contribution in [2.75, 3.05) is 26.2 Å². The van der Waals surface area contributed by atoms with Crippen LogP contribution in [0.5, 0.6) is 5.75 Å². The number of fused-ring (bicyclic) bond motifs is 1. The van der Waals surface area contributed by atoms with E-state index in [4.69, 9.17) is 16.3 Å². The number of nitrogens with one attached hydrogen (secondary N) is 2. The Kier molecular flexibility index (Phi) is 6.96. The fourth-order valence-corrected chi connectivity index (χ4v) is 3.16. The van der Waals surface area contributed by atoms with Gasteiger partial charge in [0.1, 0.15) is 5.75 Å². The maximum Gasteiger partial charge on any atom is 0.191 e. The van der Waals surface area contributed by atoms with E-state index < -0.39 is 6.10 Å². The van der Waals surface area contributed by atoms with Gasteiger partial charge < -0.3 is 20.5 Å². The Morgan fingerprint density at radius 1 is 1.22 bits per heavy atom. The number of ether oxygens (including phenoxy) is 1. The average Bonchev–Trinajstić information content (AvgIpc) is 3.14. The van der Waals surface area contributed by atoms with Crippen molar-refractivity contribution in [2.24, 2.45) is 4.99 Å². The molecule has 6 heteroatoms. The molecule has 1 atom stereocenters. The lowest BCUT2D eigenvalue weighted by Gasteiger charge is -2.13. The van der Waals surface area contributed by atoms with Crippen LogP contribution in [0.4, 0.5) is 0 Å². The van der Waals surface area contributed by atoms with Crippen LogP contribution in [0.2, 0.25) is 5.02 Å². The van der Waals surface area contributed by atoms with E-state index in [2.05, 4.69) is 33.8 Å². The van der Waals surface area contributed by atoms with Crippen LogP contribution in [0.15, 0.2) is 47.5 Å². The molecule has 1 heterocycles. The van der Waals surface area contributed by atoms with Crippen molar-refractivity contribution in [3.63, 3.8) is 0 Å². The highest BCUT2D eigenvalue weighted by molar-refractivity contribution is 6.30. The van der Waals surface area contributed by atoms with Gasteiger partial charge >= 0.3 is 0 Å². The van der Waals surface area contributed by atoms with Crippen LogP contribution in [-0.4, -0.2) is 37.3 Å². The van der Waals surface area contributed by atoms with E-state index in [-0.39, 0.29) is 6.54 Å². The summed E-state index contributed by atoms with van der Waals surface area (Å²) in [5.74, 6) is 1.72. The number of guanidine groups is 1. The number of aliphatic hydroxyl groups is 1. The molecule has 0 fully saturated rings. The lowest BCUT2D eigenvalue weighted by atomic mass is 10.1. The minimum Gasteiger partial charge on any atom is -0.493 e. The highest BCUT2D eigenvalue weighted by atomic mass is 35.5. The molecule has 0 aromatic heterocycles. The summed E-state index contributed by atoms with van der Waals surface area (Å²) in [4.78, 5) is 4.49. The zero-order chi connectivity index (χ0) is 19.1. The lowest BCUT2D eigenvalue weighted by Crippen LogP contribution is -2.38. The molecule has 1 aliphatic heterocycles. The highest BCUT2D eigenvalue weighted by Crippen LogP contribution is 2.25. The smallest absolute Gasteiger partial charge is 0.191 e. The minimum atomic E-state index is -0.658. The second-order valence-corrected chi connectivity index (χ2v) is 6.94. The van der Waals surface area contributed by atoms with Gasteiger partial charge in [0.25, 0.3) is 0 Å². The summed E-state index contributed by atoms with van der Waals surface area (Å²) >= 11 is 5.89. The average molecular weight is 388 g/mol. The summed E-state index contributed by atoms with van der Waals surface area (Å²) in [6, 6.07) is 13.6. The number of aliphatic imine (C=N–C) groups is 1. The van der Waals surface area contributed by atoms with Gasteiger partial charge in [0.05, 0.1) is 19.3 Å². The lowest BCUT2D eigenvalue weighted by molar-refractivity contribution is 0.187. The fraction of sp³-hybridized carbons (Fsp3) is 0.381. The predicted octanol–water partition coefficient (Wildman–Crippen LogP) is 3.11. The quantitative estimate of drug-likeness (QED) is 0.504. The number of nitrogens with zero attached hydrogens (tertiary/aromatic N) is 1. The summed E-state index contributed by atoms with van der Waals surface area (Å²) in [6.07, 6.45) is 1.23. The first-order valence-electron chi connectivity index (χ1n) is 9.36. The maximum atomic E-state index is 10.3. The van der Waals surface area contributed by atoms with E-state index >= 15 is 0 Å². The monoisotopic (exact) mass is 387 g/mol. The number of aliphatic hydroxyl groups excluding tert-OH is 1. The van der Waals surface area contributed by atoms with Crippen molar-refractivity contribution >= 4 is 17.6 Å². The van der Waals surface area contributed by atoms with E-state index in [0.29, 0.717) is 11.0 Å². The number of rotatable bonds is 7. The van der Waals surface area contributed by atoms with E-state index in [9.17, 15) is 5.11 Å². The zero-order valence-corrected chi connectivity index (χ0v) is 16.3. The molecule has 0 bridgehead atoms. The molecule has 0 radical (unpaired) electrons. The second-order valence-electron chi connectivity index (χ2n) is 6.50. The summed E-state index contributed by atoms with van der Waals surface area (Å²) in [5, 5.41) is 17.5. The van der Waals surface area contributed by atoms with Gasteiger partial charge in [-0.25, -0.2) is 0 Å². The Morgan fingerprint density at radius 3 is 2.81 bits per heavy atom.